The summed E-state index contributed by atoms with van der Waals surface area (Å²) in [4.78, 5) is 17.3. The fraction of sp³-hybridized carbons (Fsp3) is 0.238. The quantitative estimate of drug-likeness (QED) is 0.607. The van der Waals surface area contributed by atoms with Crippen molar-refractivity contribution in [2.45, 2.75) is 13.1 Å². The number of fused-ring (bicyclic) bond motifs is 1. The number of nitrogens with one attached hydrogen (secondary N) is 1. The fourth-order valence-electron chi connectivity index (χ4n) is 3.07. The van der Waals surface area contributed by atoms with Crippen LogP contribution in [-0.4, -0.2) is 36.8 Å². The summed E-state index contributed by atoms with van der Waals surface area (Å²) in [5, 5.41) is 2.91. The number of amides is 1. The minimum Gasteiger partial charge on any atom is -0.493 e. The molecule has 0 atom stereocenters. The third-order valence-electron chi connectivity index (χ3n) is 4.38. The lowest BCUT2D eigenvalue weighted by Crippen LogP contribution is -2.25. The van der Waals surface area contributed by atoms with Gasteiger partial charge >= 0.3 is 0 Å². The number of rotatable bonds is 8. The molecule has 2 aromatic carbocycles. The molecule has 0 aliphatic rings. The number of carbonyl (C=O) groups is 1. The Morgan fingerprint density at radius 3 is 2.43 bits per heavy atom. The highest BCUT2D eigenvalue weighted by Gasteiger charge is 2.18. The number of benzene rings is 2. The van der Waals surface area contributed by atoms with Crippen molar-refractivity contribution >= 4 is 16.9 Å². The van der Waals surface area contributed by atoms with Crippen molar-refractivity contribution in [3.8, 4) is 17.2 Å². The molecule has 0 aliphatic carbocycles. The third-order valence-corrected chi connectivity index (χ3v) is 4.38. The average Bonchev–Trinajstić information content (AvgIpc) is 3.08. The number of nitrogens with zero attached hydrogens (tertiary/aromatic N) is 2. The van der Waals surface area contributed by atoms with E-state index >= 15 is 0 Å². The number of para-hydroxylation sites is 2. The highest BCUT2D eigenvalue weighted by molar-refractivity contribution is 5.95. The lowest BCUT2D eigenvalue weighted by molar-refractivity contribution is 0.0948. The summed E-state index contributed by atoms with van der Waals surface area (Å²) >= 11 is 0. The van der Waals surface area contributed by atoms with Gasteiger partial charge in [-0.3, -0.25) is 4.79 Å². The Labute approximate surface area is 163 Å². The maximum absolute atomic E-state index is 12.7. The van der Waals surface area contributed by atoms with Crippen LogP contribution in [0.2, 0.25) is 0 Å². The zero-order valence-electron chi connectivity index (χ0n) is 16.2. The van der Waals surface area contributed by atoms with E-state index in [2.05, 4.69) is 16.9 Å². The van der Waals surface area contributed by atoms with Gasteiger partial charge in [-0.1, -0.05) is 18.2 Å². The van der Waals surface area contributed by atoms with Gasteiger partial charge in [0.05, 0.1) is 38.9 Å². The molecule has 1 aromatic heterocycles. The Balaban J connectivity index is 1.86. The van der Waals surface area contributed by atoms with Gasteiger partial charge in [-0.15, -0.1) is 6.58 Å². The van der Waals surface area contributed by atoms with E-state index in [1.807, 2.05) is 28.8 Å². The second-order valence-electron chi connectivity index (χ2n) is 6.01. The van der Waals surface area contributed by atoms with Gasteiger partial charge in [0.2, 0.25) is 5.75 Å². The van der Waals surface area contributed by atoms with Crippen molar-refractivity contribution in [1.29, 1.82) is 0 Å². The number of ether oxygens (including phenoxy) is 3. The lowest BCUT2D eigenvalue weighted by atomic mass is 10.1. The summed E-state index contributed by atoms with van der Waals surface area (Å²) in [6.45, 7) is 4.69. The van der Waals surface area contributed by atoms with E-state index in [4.69, 9.17) is 14.2 Å². The molecule has 1 N–H and O–H groups in total. The molecule has 7 nitrogen and oxygen atoms in total. The van der Waals surface area contributed by atoms with Crippen LogP contribution in [0.25, 0.3) is 11.0 Å². The summed E-state index contributed by atoms with van der Waals surface area (Å²) in [6, 6.07) is 11.1. The molecule has 0 fully saturated rings. The van der Waals surface area contributed by atoms with Gasteiger partial charge in [-0.25, -0.2) is 4.98 Å². The predicted molar refractivity (Wildman–Crippen MR) is 107 cm³/mol. The molecule has 0 aliphatic heterocycles. The van der Waals surface area contributed by atoms with E-state index in [0.29, 0.717) is 29.4 Å². The number of hydrogen-bond donors (Lipinski definition) is 1. The van der Waals surface area contributed by atoms with Gasteiger partial charge in [0.15, 0.2) is 11.5 Å². The van der Waals surface area contributed by atoms with Crippen molar-refractivity contribution in [1.82, 2.24) is 14.9 Å². The minimum atomic E-state index is -0.267. The van der Waals surface area contributed by atoms with Gasteiger partial charge in [0, 0.05) is 12.1 Å². The summed E-state index contributed by atoms with van der Waals surface area (Å²) in [5.74, 6) is 1.77. The molecule has 146 valence electrons. The number of carbonyl (C=O) groups excluding carboxylic acids is 1. The van der Waals surface area contributed by atoms with E-state index in [1.54, 1.807) is 18.2 Å². The average molecular weight is 381 g/mol. The molecule has 0 saturated carbocycles. The smallest absolute Gasteiger partial charge is 0.251 e. The van der Waals surface area contributed by atoms with E-state index in [0.717, 1.165) is 16.9 Å². The van der Waals surface area contributed by atoms with E-state index in [1.165, 1.54) is 21.3 Å². The molecule has 0 saturated heterocycles. The molecule has 0 spiro atoms. The van der Waals surface area contributed by atoms with Gasteiger partial charge < -0.3 is 24.1 Å². The Hall–Kier alpha value is -3.48. The maximum atomic E-state index is 12.7. The van der Waals surface area contributed by atoms with Crippen molar-refractivity contribution in [3.63, 3.8) is 0 Å². The highest BCUT2D eigenvalue weighted by Crippen LogP contribution is 2.38. The van der Waals surface area contributed by atoms with Crippen LogP contribution in [-0.2, 0) is 13.1 Å². The van der Waals surface area contributed by atoms with Crippen molar-refractivity contribution < 1.29 is 19.0 Å². The second-order valence-corrected chi connectivity index (χ2v) is 6.01. The Morgan fingerprint density at radius 1 is 1.14 bits per heavy atom. The lowest BCUT2D eigenvalue weighted by Gasteiger charge is -2.14. The van der Waals surface area contributed by atoms with E-state index in [-0.39, 0.29) is 12.5 Å². The minimum absolute atomic E-state index is 0.267. The Bertz CT molecular complexity index is 985. The van der Waals surface area contributed by atoms with Crippen LogP contribution in [0.5, 0.6) is 17.2 Å². The Kier molecular flexibility index (Phi) is 5.84. The zero-order valence-corrected chi connectivity index (χ0v) is 16.2. The van der Waals surface area contributed by atoms with Crippen molar-refractivity contribution in [3.05, 3.63) is 60.4 Å². The van der Waals surface area contributed by atoms with Crippen LogP contribution in [0, 0.1) is 0 Å². The monoisotopic (exact) mass is 381 g/mol. The first-order chi connectivity index (χ1) is 13.6. The van der Waals surface area contributed by atoms with Crippen LogP contribution >= 0.6 is 0 Å². The molecule has 1 amide bonds. The summed E-state index contributed by atoms with van der Waals surface area (Å²) in [5.41, 5.74) is 2.28. The van der Waals surface area contributed by atoms with Crippen LogP contribution < -0.4 is 19.5 Å². The highest BCUT2D eigenvalue weighted by atomic mass is 16.5. The molecular formula is C21H23N3O4. The number of allylic oxidation sites excluding steroid dienone is 1. The summed E-state index contributed by atoms with van der Waals surface area (Å²) < 4.78 is 17.9. The van der Waals surface area contributed by atoms with E-state index < -0.39 is 0 Å². The van der Waals surface area contributed by atoms with E-state index in [9.17, 15) is 4.79 Å². The summed E-state index contributed by atoms with van der Waals surface area (Å²) in [6.07, 6.45) is 1.80. The van der Waals surface area contributed by atoms with Crippen LogP contribution in [0.4, 0.5) is 0 Å². The van der Waals surface area contributed by atoms with Crippen LogP contribution in [0.15, 0.2) is 49.1 Å². The number of methoxy groups -OCH3 is 3. The molecular weight excluding hydrogens is 358 g/mol. The molecule has 0 radical (unpaired) electrons. The fourth-order valence-corrected chi connectivity index (χ4v) is 3.07. The zero-order chi connectivity index (χ0) is 20.1. The normalized spacial score (nSPS) is 10.5. The summed E-state index contributed by atoms with van der Waals surface area (Å²) in [7, 11) is 4.54. The first kappa shape index (κ1) is 19.3. The maximum Gasteiger partial charge on any atom is 0.251 e. The molecule has 1 heterocycles. The molecule has 0 unspecified atom stereocenters. The molecule has 3 aromatic rings. The van der Waals surface area contributed by atoms with Crippen LogP contribution in [0.3, 0.4) is 0 Å². The molecule has 7 heteroatoms. The molecule has 28 heavy (non-hydrogen) atoms. The second kappa shape index (κ2) is 8.47. The van der Waals surface area contributed by atoms with Gasteiger partial charge in [0.25, 0.3) is 5.91 Å². The van der Waals surface area contributed by atoms with Gasteiger partial charge in [-0.2, -0.15) is 0 Å². The van der Waals surface area contributed by atoms with Gasteiger partial charge in [0.1, 0.15) is 5.82 Å². The van der Waals surface area contributed by atoms with Crippen molar-refractivity contribution in [2.75, 3.05) is 21.3 Å². The molecule has 0 bridgehead atoms. The first-order valence-electron chi connectivity index (χ1n) is 8.76. The standard InChI is InChI=1S/C21H23N3O4/c1-5-10-24-16-9-7-6-8-15(16)23-19(24)13-22-21(25)14-11-17(26-2)20(28-4)18(12-14)27-3/h5-9,11-12H,1,10,13H2,2-4H3,(H,22,25). The van der Waals surface area contributed by atoms with Crippen LogP contribution in [0.1, 0.15) is 16.2 Å². The number of hydrogen-bond acceptors (Lipinski definition) is 5. The molecule has 3 rings (SSSR count). The third kappa shape index (κ3) is 3.64. The van der Waals surface area contributed by atoms with Crippen molar-refractivity contribution in [2.24, 2.45) is 0 Å². The predicted octanol–water partition coefficient (Wildman–Crippen LogP) is 3.18. The Morgan fingerprint density at radius 2 is 1.82 bits per heavy atom. The first-order valence-corrected chi connectivity index (χ1v) is 8.76. The largest absolute Gasteiger partial charge is 0.493 e. The number of aromatic nitrogens is 2. The van der Waals surface area contributed by atoms with Gasteiger partial charge in [-0.05, 0) is 24.3 Å². The topological polar surface area (TPSA) is 74.6 Å². The SMILES string of the molecule is C=CCn1c(CNC(=O)c2cc(OC)c(OC)c(OC)c2)nc2ccccc21. The number of imidazole rings is 1.